The van der Waals surface area contributed by atoms with Crippen LogP contribution in [0.25, 0.3) is 0 Å². The summed E-state index contributed by atoms with van der Waals surface area (Å²) < 4.78 is 13.9. The van der Waals surface area contributed by atoms with Gasteiger partial charge in [-0.15, -0.1) is 0 Å². The highest BCUT2D eigenvalue weighted by Crippen LogP contribution is 2.36. The first-order chi connectivity index (χ1) is 9.66. The first-order valence-electron chi connectivity index (χ1n) is 7.43. The average molecular weight is 387 g/mol. The molecule has 1 amide bonds. The Morgan fingerprint density at radius 2 is 1.95 bits per heavy atom. The van der Waals surface area contributed by atoms with Gasteiger partial charge in [0, 0.05) is 16.2 Å². The fourth-order valence-electron chi connectivity index (χ4n) is 3.69. The SMILES string of the molecule is O=C(c1ccc(F)cc1I)N1CCC[C@H]2CCCC[C@H]21. The van der Waals surface area contributed by atoms with Crippen molar-refractivity contribution in [1.29, 1.82) is 0 Å². The number of hydrogen-bond acceptors (Lipinski definition) is 1. The summed E-state index contributed by atoms with van der Waals surface area (Å²) in [6.07, 6.45) is 7.28. The molecule has 0 N–H and O–H groups in total. The van der Waals surface area contributed by atoms with E-state index >= 15 is 0 Å². The van der Waals surface area contributed by atoms with Gasteiger partial charge >= 0.3 is 0 Å². The van der Waals surface area contributed by atoms with E-state index in [0.717, 1.165) is 19.4 Å². The van der Waals surface area contributed by atoms with E-state index in [1.807, 2.05) is 0 Å². The summed E-state index contributed by atoms with van der Waals surface area (Å²) in [5.74, 6) is 0.491. The Hall–Kier alpha value is -0.650. The molecular formula is C16H19FINO. The zero-order valence-electron chi connectivity index (χ0n) is 11.4. The number of likely N-dealkylation sites (tertiary alicyclic amines) is 1. The van der Waals surface area contributed by atoms with E-state index in [2.05, 4.69) is 27.5 Å². The zero-order chi connectivity index (χ0) is 14.1. The van der Waals surface area contributed by atoms with Crippen LogP contribution >= 0.6 is 22.6 Å². The standard InChI is InChI=1S/C16H19FINO/c17-12-7-8-13(14(18)10-12)16(20)19-9-3-5-11-4-1-2-6-15(11)19/h7-8,10-11,15H,1-6,9H2/t11-,15-/m1/s1. The predicted octanol–water partition coefficient (Wildman–Crippen LogP) is 4.23. The number of benzene rings is 1. The van der Waals surface area contributed by atoms with E-state index in [1.54, 1.807) is 6.07 Å². The van der Waals surface area contributed by atoms with Gasteiger partial charge < -0.3 is 4.90 Å². The maximum absolute atomic E-state index is 13.2. The summed E-state index contributed by atoms with van der Waals surface area (Å²) in [7, 11) is 0. The summed E-state index contributed by atoms with van der Waals surface area (Å²) in [5.41, 5.74) is 0.651. The molecule has 0 spiro atoms. The topological polar surface area (TPSA) is 20.3 Å². The molecular weight excluding hydrogens is 368 g/mol. The number of fused-ring (bicyclic) bond motifs is 1. The summed E-state index contributed by atoms with van der Waals surface area (Å²) in [5, 5.41) is 0. The second-order valence-corrected chi connectivity index (χ2v) is 7.04. The van der Waals surface area contributed by atoms with Crippen LogP contribution in [-0.2, 0) is 0 Å². The Balaban J connectivity index is 1.85. The molecule has 3 rings (SSSR count). The Kier molecular flexibility index (Phi) is 4.29. The van der Waals surface area contributed by atoms with Crippen molar-refractivity contribution in [3.63, 3.8) is 0 Å². The van der Waals surface area contributed by atoms with Gasteiger partial charge in [-0.05, 0) is 72.4 Å². The van der Waals surface area contributed by atoms with Crippen LogP contribution in [0.2, 0.25) is 0 Å². The van der Waals surface area contributed by atoms with Crippen LogP contribution in [0.3, 0.4) is 0 Å². The van der Waals surface area contributed by atoms with Gasteiger partial charge in [0.1, 0.15) is 5.82 Å². The Labute approximate surface area is 132 Å². The highest BCUT2D eigenvalue weighted by atomic mass is 127. The molecule has 0 radical (unpaired) electrons. The van der Waals surface area contributed by atoms with Crippen LogP contribution in [0.15, 0.2) is 18.2 Å². The van der Waals surface area contributed by atoms with E-state index in [0.29, 0.717) is 21.1 Å². The summed E-state index contributed by atoms with van der Waals surface area (Å²) in [4.78, 5) is 14.8. The molecule has 4 heteroatoms. The first kappa shape index (κ1) is 14.3. The molecule has 1 saturated carbocycles. The molecule has 1 aromatic carbocycles. The minimum atomic E-state index is -0.278. The van der Waals surface area contributed by atoms with Crippen LogP contribution in [0, 0.1) is 15.3 Å². The summed E-state index contributed by atoms with van der Waals surface area (Å²) >= 11 is 2.06. The van der Waals surface area contributed by atoms with Gasteiger partial charge in [-0.3, -0.25) is 4.79 Å². The van der Waals surface area contributed by atoms with Crippen molar-refractivity contribution in [2.45, 2.75) is 44.6 Å². The molecule has 2 atom stereocenters. The lowest BCUT2D eigenvalue weighted by molar-refractivity contribution is 0.0389. The van der Waals surface area contributed by atoms with Gasteiger partial charge in [-0.1, -0.05) is 12.8 Å². The maximum atomic E-state index is 13.2. The first-order valence-corrected chi connectivity index (χ1v) is 8.50. The van der Waals surface area contributed by atoms with Crippen LogP contribution in [0.1, 0.15) is 48.9 Å². The fraction of sp³-hybridized carbons (Fsp3) is 0.562. The monoisotopic (exact) mass is 387 g/mol. The van der Waals surface area contributed by atoms with E-state index in [1.165, 1.54) is 37.8 Å². The number of halogens is 2. The van der Waals surface area contributed by atoms with E-state index < -0.39 is 0 Å². The van der Waals surface area contributed by atoms with Crippen molar-refractivity contribution in [1.82, 2.24) is 4.90 Å². The number of hydrogen-bond donors (Lipinski definition) is 0. The third kappa shape index (κ3) is 2.71. The minimum absolute atomic E-state index is 0.0889. The van der Waals surface area contributed by atoms with Crippen molar-refractivity contribution < 1.29 is 9.18 Å². The molecule has 1 aliphatic carbocycles. The Morgan fingerprint density at radius 1 is 1.20 bits per heavy atom. The van der Waals surface area contributed by atoms with Crippen LogP contribution in [0.4, 0.5) is 4.39 Å². The number of carbonyl (C=O) groups excluding carboxylic acids is 1. The van der Waals surface area contributed by atoms with E-state index in [9.17, 15) is 9.18 Å². The van der Waals surface area contributed by atoms with Crippen molar-refractivity contribution in [2.75, 3.05) is 6.54 Å². The van der Waals surface area contributed by atoms with Gasteiger partial charge in [-0.25, -0.2) is 4.39 Å². The number of piperidine rings is 1. The average Bonchev–Trinajstić information content (AvgIpc) is 2.46. The van der Waals surface area contributed by atoms with Crippen molar-refractivity contribution >= 4 is 28.5 Å². The minimum Gasteiger partial charge on any atom is -0.335 e. The largest absolute Gasteiger partial charge is 0.335 e. The molecule has 1 heterocycles. The highest BCUT2D eigenvalue weighted by molar-refractivity contribution is 14.1. The number of rotatable bonds is 1. The molecule has 0 bridgehead atoms. The Morgan fingerprint density at radius 3 is 2.75 bits per heavy atom. The fourth-order valence-corrected chi connectivity index (χ4v) is 4.40. The van der Waals surface area contributed by atoms with E-state index in [-0.39, 0.29) is 11.7 Å². The number of amides is 1. The molecule has 1 saturated heterocycles. The van der Waals surface area contributed by atoms with Gasteiger partial charge in [0.15, 0.2) is 0 Å². The van der Waals surface area contributed by atoms with E-state index in [4.69, 9.17) is 0 Å². The lowest BCUT2D eigenvalue weighted by Gasteiger charge is -2.44. The van der Waals surface area contributed by atoms with Crippen molar-refractivity contribution in [2.24, 2.45) is 5.92 Å². The normalized spacial score (nSPS) is 26.2. The number of nitrogens with zero attached hydrogens (tertiary/aromatic N) is 1. The molecule has 20 heavy (non-hydrogen) atoms. The molecule has 0 aromatic heterocycles. The molecule has 1 aromatic rings. The summed E-state index contributed by atoms with van der Waals surface area (Å²) in [6.45, 7) is 0.855. The molecule has 2 nitrogen and oxygen atoms in total. The highest BCUT2D eigenvalue weighted by Gasteiger charge is 2.36. The molecule has 2 fully saturated rings. The van der Waals surface area contributed by atoms with Gasteiger partial charge in [0.2, 0.25) is 0 Å². The second-order valence-electron chi connectivity index (χ2n) is 5.88. The van der Waals surface area contributed by atoms with Crippen molar-refractivity contribution in [3.8, 4) is 0 Å². The number of carbonyl (C=O) groups is 1. The third-order valence-electron chi connectivity index (χ3n) is 4.67. The predicted molar refractivity (Wildman–Crippen MR) is 85.1 cm³/mol. The molecule has 0 unspecified atom stereocenters. The lowest BCUT2D eigenvalue weighted by Crippen LogP contribution is -2.49. The maximum Gasteiger partial charge on any atom is 0.255 e. The van der Waals surface area contributed by atoms with Crippen molar-refractivity contribution in [3.05, 3.63) is 33.1 Å². The quantitative estimate of drug-likeness (QED) is 0.661. The second kappa shape index (κ2) is 6.00. The van der Waals surface area contributed by atoms with Gasteiger partial charge in [0.25, 0.3) is 5.91 Å². The van der Waals surface area contributed by atoms with Gasteiger partial charge in [0.05, 0.1) is 5.56 Å². The van der Waals surface area contributed by atoms with Crippen LogP contribution in [0.5, 0.6) is 0 Å². The lowest BCUT2D eigenvalue weighted by atomic mass is 9.78. The summed E-state index contributed by atoms with van der Waals surface area (Å²) in [6, 6.07) is 4.87. The Bertz CT molecular complexity index is 517. The van der Waals surface area contributed by atoms with Gasteiger partial charge in [-0.2, -0.15) is 0 Å². The molecule has 2 aliphatic rings. The zero-order valence-corrected chi connectivity index (χ0v) is 13.6. The van der Waals surface area contributed by atoms with Crippen LogP contribution < -0.4 is 0 Å². The molecule has 1 aliphatic heterocycles. The molecule has 108 valence electrons. The third-order valence-corrected chi connectivity index (χ3v) is 5.56. The van der Waals surface area contributed by atoms with Crippen LogP contribution in [-0.4, -0.2) is 23.4 Å². The smallest absolute Gasteiger partial charge is 0.255 e.